The van der Waals surface area contributed by atoms with Crippen molar-refractivity contribution in [2.45, 2.75) is 31.6 Å². The van der Waals surface area contributed by atoms with Crippen LogP contribution in [0.5, 0.6) is 0 Å². The highest BCUT2D eigenvalue weighted by atomic mass is 16.2. The second-order valence-corrected chi connectivity index (χ2v) is 5.60. The van der Waals surface area contributed by atoms with E-state index in [1.165, 1.54) is 16.7 Å². The average Bonchev–Trinajstić information content (AvgIpc) is 2.98. The fraction of sp³-hybridized carbons (Fsp3) is 0.312. The first-order chi connectivity index (χ1) is 9.73. The number of hydrogen-bond acceptors (Lipinski definition) is 3. The van der Waals surface area contributed by atoms with E-state index in [0.717, 1.165) is 25.0 Å². The van der Waals surface area contributed by atoms with Crippen LogP contribution in [-0.2, 0) is 29.5 Å². The molecule has 1 aromatic heterocycles. The molecule has 1 amide bonds. The van der Waals surface area contributed by atoms with Crippen LogP contribution >= 0.6 is 0 Å². The first-order valence-electron chi connectivity index (χ1n) is 6.96. The molecule has 2 aliphatic rings. The molecule has 1 N–H and O–H groups in total. The molecule has 1 spiro atoms. The van der Waals surface area contributed by atoms with Crippen LogP contribution in [0.3, 0.4) is 0 Å². The minimum absolute atomic E-state index is 0.0351. The molecule has 1 unspecified atom stereocenters. The molecule has 1 aliphatic carbocycles. The fourth-order valence-corrected chi connectivity index (χ4v) is 3.39. The molecule has 1 atom stereocenters. The van der Waals surface area contributed by atoms with Crippen LogP contribution in [0.4, 0.5) is 5.82 Å². The molecule has 0 bridgehead atoms. The lowest BCUT2D eigenvalue weighted by Crippen LogP contribution is -2.35. The van der Waals surface area contributed by atoms with Gasteiger partial charge in [0.1, 0.15) is 5.41 Å². The number of benzene rings is 1. The van der Waals surface area contributed by atoms with Gasteiger partial charge in [0.15, 0.2) is 5.82 Å². The first-order valence-corrected chi connectivity index (χ1v) is 6.96. The number of anilines is 1. The summed E-state index contributed by atoms with van der Waals surface area (Å²) >= 11 is 0. The van der Waals surface area contributed by atoms with E-state index >= 15 is 0 Å². The SMILES string of the molecule is CCc1ccc2c(c1)CC1(C2)C(=O)Nc2nccnc21. The summed E-state index contributed by atoms with van der Waals surface area (Å²) in [6.45, 7) is 2.15. The van der Waals surface area contributed by atoms with E-state index in [1.807, 2.05) is 0 Å². The van der Waals surface area contributed by atoms with Crippen LogP contribution in [0.1, 0.15) is 29.3 Å². The molecule has 0 fully saturated rings. The molecule has 0 saturated carbocycles. The molecule has 0 radical (unpaired) electrons. The van der Waals surface area contributed by atoms with Gasteiger partial charge >= 0.3 is 0 Å². The third kappa shape index (κ3) is 1.39. The van der Waals surface area contributed by atoms with E-state index in [4.69, 9.17) is 0 Å². The maximum absolute atomic E-state index is 12.5. The Morgan fingerprint density at radius 3 is 2.85 bits per heavy atom. The van der Waals surface area contributed by atoms with Gasteiger partial charge in [0.05, 0.1) is 5.69 Å². The van der Waals surface area contributed by atoms with E-state index in [-0.39, 0.29) is 5.91 Å². The zero-order chi connectivity index (χ0) is 13.7. The molecule has 4 heteroatoms. The van der Waals surface area contributed by atoms with Gasteiger partial charge in [-0.3, -0.25) is 9.78 Å². The number of carbonyl (C=O) groups excluding carboxylic acids is 1. The number of rotatable bonds is 1. The third-order valence-corrected chi connectivity index (χ3v) is 4.48. The van der Waals surface area contributed by atoms with Gasteiger partial charge in [-0.05, 0) is 36.0 Å². The summed E-state index contributed by atoms with van der Waals surface area (Å²) in [5.74, 6) is 0.661. The van der Waals surface area contributed by atoms with Crippen LogP contribution in [0.2, 0.25) is 0 Å². The summed E-state index contributed by atoms with van der Waals surface area (Å²) < 4.78 is 0. The molecule has 100 valence electrons. The molecular weight excluding hydrogens is 250 g/mol. The summed E-state index contributed by atoms with van der Waals surface area (Å²) in [7, 11) is 0. The quantitative estimate of drug-likeness (QED) is 0.858. The average molecular weight is 265 g/mol. The van der Waals surface area contributed by atoms with E-state index in [0.29, 0.717) is 5.82 Å². The normalized spacial score (nSPS) is 22.8. The Bertz CT molecular complexity index is 725. The molecule has 2 heterocycles. The molecule has 1 aromatic carbocycles. The van der Waals surface area contributed by atoms with E-state index < -0.39 is 5.41 Å². The Morgan fingerprint density at radius 2 is 2.00 bits per heavy atom. The first kappa shape index (κ1) is 11.6. The van der Waals surface area contributed by atoms with Gasteiger partial charge < -0.3 is 5.32 Å². The zero-order valence-electron chi connectivity index (χ0n) is 11.3. The second-order valence-electron chi connectivity index (χ2n) is 5.60. The number of amides is 1. The highest BCUT2D eigenvalue weighted by Crippen LogP contribution is 2.45. The Kier molecular flexibility index (Phi) is 2.25. The Labute approximate surface area is 117 Å². The van der Waals surface area contributed by atoms with Crippen molar-refractivity contribution < 1.29 is 4.79 Å². The van der Waals surface area contributed by atoms with Gasteiger partial charge in [-0.1, -0.05) is 25.1 Å². The van der Waals surface area contributed by atoms with Gasteiger partial charge in [-0.15, -0.1) is 0 Å². The van der Waals surface area contributed by atoms with Gasteiger partial charge in [0.2, 0.25) is 5.91 Å². The summed E-state index contributed by atoms with van der Waals surface area (Å²) in [4.78, 5) is 21.1. The maximum atomic E-state index is 12.5. The molecule has 2 aromatic rings. The second kappa shape index (κ2) is 3.88. The number of nitrogens with zero attached hydrogens (tertiary/aromatic N) is 2. The van der Waals surface area contributed by atoms with Crippen molar-refractivity contribution in [2.75, 3.05) is 5.32 Å². The van der Waals surface area contributed by atoms with Crippen molar-refractivity contribution in [3.05, 3.63) is 53.0 Å². The number of nitrogens with one attached hydrogen (secondary N) is 1. The molecular formula is C16H15N3O. The fourth-order valence-electron chi connectivity index (χ4n) is 3.39. The Morgan fingerprint density at radius 1 is 1.20 bits per heavy atom. The van der Waals surface area contributed by atoms with E-state index in [1.54, 1.807) is 12.4 Å². The lowest BCUT2D eigenvalue weighted by Gasteiger charge is -2.18. The van der Waals surface area contributed by atoms with Gasteiger partial charge in [-0.2, -0.15) is 0 Å². The lowest BCUT2D eigenvalue weighted by molar-refractivity contribution is -0.120. The van der Waals surface area contributed by atoms with Crippen molar-refractivity contribution in [3.63, 3.8) is 0 Å². The topological polar surface area (TPSA) is 54.9 Å². The van der Waals surface area contributed by atoms with E-state index in [9.17, 15) is 4.79 Å². The number of carbonyl (C=O) groups is 1. The highest BCUT2D eigenvalue weighted by Gasteiger charge is 2.52. The van der Waals surface area contributed by atoms with Crippen molar-refractivity contribution in [1.82, 2.24) is 9.97 Å². The predicted molar refractivity (Wildman–Crippen MR) is 75.6 cm³/mol. The van der Waals surface area contributed by atoms with Crippen LogP contribution in [0.15, 0.2) is 30.6 Å². The van der Waals surface area contributed by atoms with Crippen molar-refractivity contribution in [3.8, 4) is 0 Å². The molecule has 20 heavy (non-hydrogen) atoms. The lowest BCUT2D eigenvalue weighted by atomic mass is 9.82. The predicted octanol–water partition coefficient (Wildman–Crippen LogP) is 2.03. The zero-order valence-corrected chi connectivity index (χ0v) is 11.3. The number of aryl methyl sites for hydroxylation is 1. The summed E-state index contributed by atoms with van der Waals surface area (Å²) in [6, 6.07) is 6.54. The summed E-state index contributed by atoms with van der Waals surface area (Å²) in [5.41, 5.74) is 4.12. The monoisotopic (exact) mass is 265 g/mol. The summed E-state index contributed by atoms with van der Waals surface area (Å²) in [6.07, 6.45) is 5.76. The minimum atomic E-state index is -0.543. The number of aromatic nitrogens is 2. The smallest absolute Gasteiger partial charge is 0.238 e. The van der Waals surface area contributed by atoms with Crippen molar-refractivity contribution >= 4 is 11.7 Å². The van der Waals surface area contributed by atoms with Crippen LogP contribution in [-0.4, -0.2) is 15.9 Å². The minimum Gasteiger partial charge on any atom is -0.308 e. The maximum Gasteiger partial charge on any atom is 0.238 e. The van der Waals surface area contributed by atoms with E-state index in [2.05, 4.69) is 40.4 Å². The third-order valence-electron chi connectivity index (χ3n) is 4.48. The van der Waals surface area contributed by atoms with Gasteiger partial charge in [0.25, 0.3) is 0 Å². The van der Waals surface area contributed by atoms with Gasteiger partial charge in [-0.25, -0.2) is 4.98 Å². The number of fused-ring (bicyclic) bond motifs is 3. The van der Waals surface area contributed by atoms with Crippen LogP contribution in [0, 0.1) is 0 Å². The highest BCUT2D eigenvalue weighted by molar-refractivity contribution is 6.05. The Balaban J connectivity index is 1.83. The van der Waals surface area contributed by atoms with Crippen LogP contribution in [0.25, 0.3) is 0 Å². The van der Waals surface area contributed by atoms with Gasteiger partial charge in [0, 0.05) is 12.4 Å². The summed E-state index contributed by atoms with van der Waals surface area (Å²) in [5, 5.41) is 2.88. The van der Waals surface area contributed by atoms with Crippen LogP contribution < -0.4 is 5.32 Å². The largest absolute Gasteiger partial charge is 0.308 e. The molecule has 4 nitrogen and oxygen atoms in total. The van der Waals surface area contributed by atoms with Crippen molar-refractivity contribution in [1.29, 1.82) is 0 Å². The Hall–Kier alpha value is -2.23. The standard InChI is InChI=1S/C16H15N3O/c1-2-10-3-4-11-8-16(9-12(11)7-10)13-14(19-15(16)20)18-6-5-17-13/h3-7H,2,8-9H2,1H3,(H,18,19,20). The molecule has 4 rings (SSSR count). The molecule has 0 saturated heterocycles. The van der Waals surface area contributed by atoms with Crippen molar-refractivity contribution in [2.24, 2.45) is 0 Å². The molecule has 1 aliphatic heterocycles. The number of hydrogen-bond donors (Lipinski definition) is 1.